The zero-order valence-corrected chi connectivity index (χ0v) is 11.7. The summed E-state index contributed by atoms with van der Waals surface area (Å²) in [7, 11) is 0. The van der Waals surface area contributed by atoms with E-state index in [1.807, 2.05) is 4.90 Å². The molecule has 0 saturated carbocycles. The maximum atomic E-state index is 13.1. The summed E-state index contributed by atoms with van der Waals surface area (Å²) in [4.78, 5) is 14.4. The number of rotatable bonds is 3. The summed E-state index contributed by atoms with van der Waals surface area (Å²) in [5, 5.41) is 7.54. The Morgan fingerprint density at radius 3 is 2.81 bits per heavy atom. The number of likely N-dealkylation sites (tertiary alicyclic amines) is 1. The van der Waals surface area contributed by atoms with Crippen molar-refractivity contribution in [2.24, 2.45) is 0 Å². The topological polar surface area (TPSA) is 51.0 Å². The van der Waals surface area contributed by atoms with Gasteiger partial charge in [-0.3, -0.25) is 4.79 Å². The van der Waals surface area contributed by atoms with E-state index in [0.717, 1.165) is 31.4 Å². The van der Waals surface area contributed by atoms with Gasteiger partial charge in [0.05, 0.1) is 12.2 Å². The van der Waals surface area contributed by atoms with E-state index in [2.05, 4.69) is 10.3 Å². The number of hydrogen-bond acceptors (Lipinski definition) is 3. The number of amides is 1. The summed E-state index contributed by atoms with van der Waals surface area (Å²) >= 11 is 0. The molecule has 2 aromatic rings. The lowest BCUT2D eigenvalue weighted by Gasteiger charge is -2.36. The van der Waals surface area contributed by atoms with E-state index in [-0.39, 0.29) is 24.3 Å². The Kier molecular flexibility index (Phi) is 3.94. The van der Waals surface area contributed by atoms with Crippen LogP contribution in [0.4, 0.5) is 4.39 Å². The average molecular weight is 288 g/mol. The summed E-state index contributed by atoms with van der Waals surface area (Å²) in [6.07, 6.45) is 6.22. The molecular formula is C15H17FN4O. The number of piperidine rings is 1. The van der Waals surface area contributed by atoms with Crippen LogP contribution in [0.15, 0.2) is 36.7 Å². The number of benzene rings is 1. The van der Waals surface area contributed by atoms with Crippen molar-refractivity contribution in [3.8, 4) is 0 Å². The van der Waals surface area contributed by atoms with Crippen LogP contribution in [-0.2, 0) is 11.3 Å². The van der Waals surface area contributed by atoms with Gasteiger partial charge in [0.15, 0.2) is 0 Å². The largest absolute Gasteiger partial charge is 0.334 e. The Hall–Kier alpha value is -2.24. The standard InChI is InChI=1S/C15H17FN4O/c16-13-6-4-12(5-7-13)14-3-1-2-9-20(14)15(21)11-19-10-8-17-18-19/h4-8,10,14H,1-3,9,11H2/t14-/m0/s1. The van der Waals surface area contributed by atoms with E-state index in [4.69, 9.17) is 0 Å². The molecule has 0 unspecified atom stereocenters. The molecule has 0 N–H and O–H groups in total. The molecule has 1 aliphatic heterocycles. The smallest absolute Gasteiger partial charge is 0.244 e. The van der Waals surface area contributed by atoms with Gasteiger partial charge in [-0.15, -0.1) is 5.10 Å². The van der Waals surface area contributed by atoms with Crippen LogP contribution in [0, 0.1) is 5.82 Å². The molecule has 1 aliphatic rings. The third kappa shape index (κ3) is 3.09. The predicted molar refractivity (Wildman–Crippen MR) is 74.7 cm³/mol. The Morgan fingerprint density at radius 1 is 1.29 bits per heavy atom. The highest BCUT2D eigenvalue weighted by Gasteiger charge is 2.28. The average Bonchev–Trinajstić information content (AvgIpc) is 3.01. The Labute approximate surface area is 122 Å². The molecule has 21 heavy (non-hydrogen) atoms. The Morgan fingerprint density at radius 2 is 2.10 bits per heavy atom. The van der Waals surface area contributed by atoms with Crippen LogP contribution >= 0.6 is 0 Å². The first-order valence-corrected chi connectivity index (χ1v) is 7.13. The summed E-state index contributed by atoms with van der Waals surface area (Å²) < 4.78 is 14.6. The lowest BCUT2D eigenvalue weighted by Crippen LogP contribution is -2.40. The minimum Gasteiger partial charge on any atom is -0.334 e. The van der Waals surface area contributed by atoms with Crippen LogP contribution < -0.4 is 0 Å². The van der Waals surface area contributed by atoms with Crippen LogP contribution in [-0.4, -0.2) is 32.3 Å². The summed E-state index contributed by atoms with van der Waals surface area (Å²) in [6, 6.07) is 6.45. The van der Waals surface area contributed by atoms with Crippen molar-refractivity contribution < 1.29 is 9.18 Å². The van der Waals surface area contributed by atoms with E-state index in [1.165, 1.54) is 16.8 Å². The van der Waals surface area contributed by atoms with Crippen molar-refractivity contribution in [1.29, 1.82) is 0 Å². The van der Waals surface area contributed by atoms with E-state index in [9.17, 15) is 9.18 Å². The lowest BCUT2D eigenvalue weighted by molar-refractivity contribution is -0.136. The molecule has 1 fully saturated rings. The molecule has 0 spiro atoms. The first-order chi connectivity index (χ1) is 10.2. The van der Waals surface area contributed by atoms with Crippen molar-refractivity contribution in [2.75, 3.05) is 6.54 Å². The third-order valence-electron chi connectivity index (χ3n) is 3.85. The minimum absolute atomic E-state index is 0.0227. The molecule has 1 saturated heterocycles. The molecular weight excluding hydrogens is 271 g/mol. The highest BCUT2D eigenvalue weighted by Crippen LogP contribution is 2.31. The van der Waals surface area contributed by atoms with Gasteiger partial charge in [0.2, 0.25) is 5.91 Å². The van der Waals surface area contributed by atoms with Crippen LogP contribution in [0.3, 0.4) is 0 Å². The number of halogens is 1. The van der Waals surface area contributed by atoms with Gasteiger partial charge in [0.25, 0.3) is 0 Å². The number of hydrogen-bond donors (Lipinski definition) is 0. The molecule has 3 rings (SSSR count). The van der Waals surface area contributed by atoms with E-state index in [0.29, 0.717) is 0 Å². The quantitative estimate of drug-likeness (QED) is 0.869. The third-order valence-corrected chi connectivity index (χ3v) is 3.85. The molecule has 5 nitrogen and oxygen atoms in total. The normalized spacial score (nSPS) is 18.7. The maximum Gasteiger partial charge on any atom is 0.244 e. The number of carbonyl (C=O) groups is 1. The molecule has 1 aromatic heterocycles. The lowest BCUT2D eigenvalue weighted by atomic mass is 9.95. The first kappa shape index (κ1) is 13.7. The molecule has 0 aliphatic carbocycles. The van der Waals surface area contributed by atoms with Crippen molar-refractivity contribution in [3.05, 3.63) is 48.0 Å². The van der Waals surface area contributed by atoms with E-state index < -0.39 is 0 Å². The van der Waals surface area contributed by atoms with Crippen LogP contribution in [0.5, 0.6) is 0 Å². The molecule has 1 amide bonds. The highest BCUT2D eigenvalue weighted by atomic mass is 19.1. The SMILES string of the molecule is O=C(Cn1ccnn1)N1CCCC[C@H]1c1ccc(F)cc1. The molecule has 0 radical (unpaired) electrons. The first-order valence-electron chi connectivity index (χ1n) is 7.13. The predicted octanol–water partition coefficient (Wildman–Crippen LogP) is 2.17. The second-order valence-corrected chi connectivity index (χ2v) is 5.25. The van der Waals surface area contributed by atoms with Gasteiger partial charge in [-0.05, 0) is 37.0 Å². The molecule has 110 valence electrons. The summed E-state index contributed by atoms with van der Waals surface area (Å²) in [6.45, 7) is 0.924. The monoisotopic (exact) mass is 288 g/mol. The van der Waals surface area contributed by atoms with Gasteiger partial charge < -0.3 is 4.90 Å². The maximum absolute atomic E-state index is 13.1. The van der Waals surface area contributed by atoms with Crippen molar-refractivity contribution in [3.63, 3.8) is 0 Å². The van der Waals surface area contributed by atoms with Crippen molar-refractivity contribution in [1.82, 2.24) is 19.9 Å². The Balaban J connectivity index is 1.77. The second-order valence-electron chi connectivity index (χ2n) is 5.25. The zero-order chi connectivity index (χ0) is 14.7. The Bertz CT molecular complexity index is 597. The van der Waals surface area contributed by atoms with Crippen LogP contribution in [0.25, 0.3) is 0 Å². The molecule has 1 aromatic carbocycles. The second kappa shape index (κ2) is 6.03. The molecule has 6 heteroatoms. The fraction of sp³-hybridized carbons (Fsp3) is 0.400. The number of aromatic nitrogens is 3. The van der Waals surface area contributed by atoms with Gasteiger partial charge in [0, 0.05) is 12.7 Å². The van der Waals surface area contributed by atoms with E-state index in [1.54, 1.807) is 24.5 Å². The summed E-state index contributed by atoms with van der Waals surface area (Å²) in [5.41, 5.74) is 0.989. The van der Waals surface area contributed by atoms with Gasteiger partial charge in [-0.1, -0.05) is 17.3 Å². The summed E-state index contributed by atoms with van der Waals surface area (Å²) in [5.74, 6) is -0.232. The van der Waals surface area contributed by atoms with Gasteiger partial charge >= 0.3 is 0 Å². The van der Waals surface area contributed by atoms with E-state index >= 15 is 0 Å². The fourth-order valence-corrected chi connectivity index (χ4v) is 2.81. The zero-order valence-electron chi connectivity index (χ0n) is 11.7. The minimum atomic E-state index is -0.255. The molecule has 2 heterocycles. The fourth-order valence-electron chi connectivity index (χ4n) is 2.81. The molecule has 1 atom stereocenters. The molecule has 0 bridgehead atoms. The van der Waals surface area contributed by atoms with Gasteiger partial charge in [-0.25, -0.2) is 9.07 Å². The van der Waals surface area contributed by atoms with Crippen LogP contribution in [0.1, 0.15) is 30.9 Å². The number of nitrogens with zero attached hydrogens (tertiary/aromatic N) is 4. The number of carbonyl (C=O) groups excluding carboxylic acids is 1. The van der Waals surface area contributed by atoms with Gasteiger partial charge in [-0.2, -0.15) is 0 Å². The highest BCUT2D eigenvalue weighted by molar-refractivity contribution is 5.76. The van der Waals surface area contributed by atoms with Crippen molar-refractivity contribution in [2.45, 2.75) is 31.8 Å². The van der Waals surface area contributed by atoms with Crippen LogP contribution in [0.2, 0.25) is 0 Å². The van der Waals surface area contributed by atoms with Gasteiger partial charge in [0.1, 0.15) is 12.4 Å². The van der Waals surface area contributed by atoms with Crippen molar-refractivity contribution >= 4 is 5.91 Å².